The molecular formula is C11H20N2. The molecule has 1 heterocycles. The van der Waals surface area contributed by atoms with Crippen LogP contribution in [0.5, 0.6) is 0 Å². The van der Waals surface area contributed by atoms with Crippen molar-refractivity contribution in [3.63, 3.8) is 0 Å². The molecule has 2 heteroatoms. The number of hydrogen-bond donors (Lipinski definition) is 1. The smallest absolute Gasteiger partial charge is 0.0245 e. The van der Waals surface area contributed by atoms with Gasteiger partial charge in [0, 0.05) is 25.5 Å². The predicted octanol–water partition coefficient (Wildman–Crippen LogP) is 2.38. The zero-order valence-corrected chi connectivity index (χ0v) is 8.66. The van der Waals surface area contributed by atoms with E-state index in [9.17, 15) is 0 Å². The van der Waals surface area contributed by atoms with Gasteiger partial charge >= 0.3 is 0 Å². The first-order chi connectivity index (χ1) is 6.26. The Bertz CT molecular complexity index is 240. The van der Waals surface area contributed by atoms with Crippen molar-refractivity contribution in [1.82, 2.24) is 4.57 Å². The lowest BCUT2D eigenvalue weighted by Crippen LogP contribution is -2.05. The van der Waals surface area contributed by atoms with E-state index in [1.807, 2.05) is 0 Å². The van der Waals surface area contributed by atoms with E-state index < -0.39 is 0 Å². The fourth-order valence-electron chi connectivity index (χ4n) is 1.67. The number of nitrogens with two attached hydrogens (primary N) is 1. The highest BCUT2D eigenvalue weighted by Crippen LogP contribution is 2.09. The summed E-state index contributed by atoms with van der Waals surface area (Å²) in [5.41, 5.74) is 6.76. The van der Waals surface area contributed by atoms with Crippen molar-refractivity contribution in [3.05, 3.63) is 24.0 Å². The summed E-state index contributed by atoms with van der Waals surface area (Å²) < 4.78 is 2.24. The van der Waals surface area contributed by atoms with Crippen LogP contribution < -0.4 is 5.73 Å². The van der Waals surface area contributed by atoms with Gasteiger partial charge in [0.15, 0.2) is 0 Å². The Hall–Kier alpha value is -0.760. The van der Waals surface area contributed by atoms with Crippen LogP contribution in [0.3, 0.4) is 0 Å². The topological polar surface area (TPSA) is 30.9 Å². The molecular weight excluding hydrogens is 160 g/mol. The molecule has 0 amide bonds. The largest absolute Gasteiger partial charge is 0.354 e. The van der Waals surface area contributed by atoms with Gasteiger partial charge < -0.3 is 10.3 Å². The van der Waals surface area contributed by atoms with Crippen LogP contribution in [-0.4, -0.2) is 4.57 Å². The minimum atomic E-state index is 0.648. The number of rotatable bonds is 5. The average molecular weight is 180 g/mol. The second kappa shape index (κ2) is 5.07. The molecule has 0 spiro atoms. The summed E-state index contributed by atoms with van der Waals surface area (Å²) in [6.07, 6.45) is 6.84. The van der Waals surface area contributed by atoms with Crippen molar-refractivity contribution in [3.8, 4) is 0 Å². The molecule has 1 aromatic heterocycles. The van der Waals surface area contributed by atoms with E-state index in [4.69, 9.17) is 5.73 Å². The summed E-state index contributed by atoms with van der Waals surface area (Å²) in [6.45, 7) is 6.30. The molecule has 2 N–H and O–H groups in total. The van der Waals surface area contributed by atoms with Gasteiger partial charge in [-0.3, -0.25) is 0 Å². The summed E-state index contributed by atoms with van der Waals surface area (Å²) in [5, 5.41) is 0. The van der Waals surface area contributed by atoms with E-state index in [1.54, 1.807) is 0 Å². The predicted molar refractivity (Wildman–Crippen MR) is 56.4 cm³/mol. The SMILES string of the molecule is CCCC(C)Cn1ccc(CN)c1. The van der Waals surface area contributed by atoms with Gasteiger partial charge in [0.05, 0.1) is 0 Å². The molecule has 13 heavy (non-hydrogen) atoms. The van der Waals surface area contributed by atoms with E-state index in [0.29, 0.717) is 6.54 Å². The molecule has 0 aliphatic heterocycles. The molecule has 0 fully saturated rings. The second-order valence-corrected chi connectivity index (χ2v) is 3.81. The van der Waals surface area contributed by atoms with E-state index >= 15 is 0 Å². The Morgan fingerprint density at radius 3 is 2.85 bits per heavy atom. The van der Waals surface area contributed by atoms with Crippen molar-refractivity contribution in [2.75, 3.05) is 0 Å². The zero-order chi connectivity index (χ0) is 9.68. The molecule has 0 aliphatic rings. The minimum absolute atomic E-state index is 0.648. The van der Waals surface area contributed by atoms with E-state index in [0.717, 1.165) is 12.5 Å². The lowest BCUT2D eigenvalue weighted by molar-refractivity contribution is 0.446. The summed E-state index contributed by atoms with van der Waals surface area (Å²) in [6, 6.07) is 2.10. The maximum Gasteiger partial charge on any atom is 0.0245 e. The van der Waals surface area contributed by atoms with Crippen molar-refractivity contribution < 1.29 is 0 Å². The van der Waals surface area contributed by atoms with Gasteiger partial charge in [-0.05, 0) is 24.0 Å². The van der Waals surface area contributed by atoms with Crippen LogP contribution in [0.4, 0.5) is 0 Å². The number of hydrogen-bond acceptors (Lipinski definition) is 1. The molecule has 1 rings (SSSR count). The van der Waals surface area contributed by atoms with Gasteiger partial charge in [0.25, 0.3) is 0 Å². The highest BCUT2D eigenvalue weighted by atomic mass is 14.9. The van der Waals surface area contributed by atoms with E-state index in [1.165, 1.54) is 18.4 Å². The first-order valence-corrected chi connectivity index (χ1v) is 5.11. The van der Waals surface area contributed by atoms with Gasteiger partial charge in [0.2, 0.25) is 0 Å². The van der Waals surface area contributed by atoms with Gasteiger partial charge in [-0.25, -0.2) is 0 Å². The molecule has 0 radical (unpaired) electrons. The minimum Gasteiger partial charge on any atom is -0.354 e. The Labute approximate surface area is 80.7 Å². The van der Waals surface area contributed by atoms with Crippen molar-refractivity contribution in [2.45, 2.75) is 39.8 Å². The van der Waals surface area contributed by atoms with Crippen LogP contribution in [0.2, 0.25) is 0 Å². The fraction of sp³-hybridized carbons (Fsp3) is 0.636. The lowest BCUT2D eigenvalue weighted by Gasteiger charge is -2.10. The molecule has 1 unspecified atom stereocenters. The van der Waals surface area contributed by atoms with Gasteiger partial charge in [0.1, 0.15) is 0 Å². The first kappa shape index (κ1) is 10.3. The molecule has 2 nitrogen and oxygen atoms in total. The number of aromatic nitrogens is 1. The third kappa shape index (κ3) is 3.23. The van der Waals surface area contributed by atoms with Crippen LogP contribution in [0, 0.1) is 5.92 Å². The van der Waals surface area contributed by atoms with Gasteiger partial charge in [-0.2, -0.15) is 0 Å². The quantitative estimate of drug-likeness (QED) is 0.741. The summed E-state index contributed by atoms with van der Waals surface area (Å²) in [5.74, 6) is 0.767. The van der Waals surface area contributed by atoms with Crippen molar-refractivity contribution in [1.29, 1.82) is 0 Å². The third-order valence-electron chi connectivity index (χ3n) is 2.35. The molecule has 0 aliphatic carbocycles. The third-order valence-corrected chi connectivity index (χ3v) is 2.35. The van der Waals surface area contributed by atoms with Gasteiger partial charge in [-0.1, -0.05) is 20.3 Å². The van der Waals surface area contributed by atoms with Crippen molar-refractivity contribution >= 4 is 0 Å². The van der Waals surface area contributed by atoms with Crippen molar-refractivity contribution in [2.24, 2.45) is 11.7 Å². The second-order valence-electron chi connectivity index (χ2n) is 3.81. The Morgan fingerprint density at radius 2 is 2.31 bits per heavy atom. The normalized spacial score (nSPS) is 13.2. The van der Waals surface area contributed by atoms with E-state index in [-0.39, 0.29) is 0 Å². The summed E-state index contributed by atoms with van der Waals surface area (Å²) in [4.78, 5) is 0. The molecule has 0 aromatic carbocycles. The molecule has 0 saturated carbocycles. The van der Waals surface area contributed by atoms with E-state index in [2.05, 4.69) is 36.9 Å². The zero-order valence-electron chi connectivity index (χ0n) is 8.66. The maximum atomic E-state index is 5.54. The Balaban J connectivity index is 2.44. The lowest BCUT2D eigenvalue weighted by atomic mass is 10.1. The highest BCUT2D eigenvalue weighted by molar-refractivity contribution is 5.09. The van der Waals surface area contributed by atoms with Crippen LogP contribution in [-0.2, 0) is 13.1 Å². The molecule has 0 saturated heterocycles. The molecule has 1 aromatic rings. The molecule has 74 valence electrons. The van der Waals surface area contributed by atoms with Gasteiger partial charge in [-0.15, -0.1) is 0 Å². The summed E-state index contributed by atoms with van der Waals surface area (Å²) >= 11 is 0. The van der Waals surface area contributed by atoms with Crippen LogP contribution in [0.1, 0.15) is 32.3 Å². The van der Waals surface area contributed by atoms with Crippen LogP contribution in [0.25, 0.3) is 0 Å². The van der Waals surface area contributed by atoms with Crippen LogP contribution >= 0.6 is 0 Å². The molecule has 0 bridgehead atoms. The maximum absolute atomic E-state index is 5.54. The monoisotopic (exact) mass is 180 g/mol. The van der Waals surface area contributed by atoms with Crippen LogP contribution in [0.15, 0.2) is 18.5 Å². The summed E-state index contributed by atoms with van der Waals surface area (Å²) in [7, 11) is 0. The fourth-order valence-corrected chi connectivity index (χ4v) is 1.67. The highest BCUT2D eigenvalue weighted by Gasteiger charge is 2.01. The Kier molecular flexibility index (Phi) is 4.03. The standard InChI is InChI=1S/C11H20N2/c1-3-4-10(2)8-13-6-5-11(7-12)9-13/h5-6,9-10H,3-4,7-8,12H2,1-2H3. The molecule has 1 atom stereocenters. The number of nitrogens with zero attached hydrogens (tertiary/aromatic N) is 1. The Morgan fingerprint density at radius 1 is 1.54 bits per heavy atom. The first-order valence-electron chi connectivity index (χ1n) is 5.11. The average Bonchev–Trinajstić information content (AvgIpc) is 2.52.